The van der Waals surface area contributed by atoms with Gasteiger partial charge in [0.25, 0.3) is 0 Å². The number of hydrogen-bond donors (Lipinski definition) is 2. The van der Waals surface area contributed by atoms with Crippen LogP contribution in [0.4, 0.5) is 0 Å². The van der Waals surface area contributed by atoms with E-state index in [1.165, 1.54) is 10.4 Å². The van der Waals surface area contributed by atoms with Crippen LogP contribution in [-0.2, 0) is 17.8 Å². The van der Waals surface area contributed by atoms with Crippen LogP contribution in [0.5, 0.6) is 5.75 Å². The molecule has 2 aromatic rings. The first-order valence-electron chi connectivity index (χ1n) is 8.48. The summed E-state index contributed by atoms with van der Waals surface area (Å²) in [7, 11) is 1.67. The number of hydrogen-bond acceptors (Lipinski definition) is 4. The number of halogens is 1. The van der Waals surface area contributed by atoms with E-state index >= 15 is 0 Å². The molecule has 0 unspecified atom stereocenters. The Bertz CT molecular complexity index is 676. The van der Waals surface area contributed by atoms with Crippen LogP contribution in [0.2, 0.25) is 0 Å². The van der Waals surface area contributed by atoms with Gasteiger partial charge in [-0.25, -0.2) is 4.99 Å². The number of aryl methyl sites for hydroxylation is 1. The molecule has 0 aliphatic carbocycles. The van der Waals surface area contributed by atoms with Crippen molar-refractivity contribution in [3.05, 3.63) is 51.7 Å². The normalized spacial score (nSPS) is 11.0. The van der Waals surface area contributed by atoms with Gasteiger partial charge in [0.1, 0.15) is 12.4 Å². The van der Waals surface area contributed by atoms with Crippen LogP contribution < -0.4 is 15.4 Å². The molecule has 0 radical (unpaired) electrons. The first-order chi connectivity index (χ1) is 12.2. The van der Waals surface area contributed by atoms with Gasteiger partial charge in [0.2, 0.25) is 0 Å². The van der Waals surface area contributed by atoms with Crippen LogP contribution in [0.25, 0.3) is 0 Å². The van der Waals surface area contributed by atoms with E-state index in [0.29, 0.717) is 19.8 Å². The van der Waals surface area contributed by atoms with Gasteiger partial charge in [0, 0.05) is 18.5 Å². The predicted molar refractivity (Wildman–Crippen MR) is 120 cm³/mol. The van der Waals surface area contributed by atoms with Gasteiger partial charge in [0.05, 0.1) is 19.7 Å². The van der Waals surface area contributed by atoms with Gasteiger partial charge < -0.3 is 20.1 Å². The maximum absolute atomic E-state index is 5.65. The lowest BCUT2D eigenvalue weighted by atomic mass is 10.2. The molecular weight excluding hydrogens is 461 g/mol. The van der Waals surface area contributed by atoms with Crippen LogP contribution in [0.3, 0.4) is 0 Å². The number of nitrogens with zero attached hydrogens (tertiary/aromatic N) is 1. The Morgan fingerprint density at radius 3 is 2.73 bits per heavy atom. The number of rotatable bonds is 9. The molecule has 5 nitrogen and oxygen atoms in total. The summed E-state index contributed by atoms with van der Waals surface area (Å²) in [6.07, 6.45) is 0. The summed E-state index contributed by atoms with van der Waals surface area (Å²) in [5, 5.41) is 8.80. The van der Waals surface area contributed by atoms with E-state index in [2.05, 4.69) is 47.0 Å². The molecule has 1 heterocycles. The third kappa shape index (κ3) is 7.92. The molecule has 0 amide bonds. The number of nitrogens with one attached hydrogen (secondary N) is 2. The summed E-state index contributed by atoms with van der Waals surface area (Å²) in [5.74, 6) is 1.66. The summed E-state index contributed by atoms with van der Waals surface area (Å²) in [6, 6.07) is 10.2. The lowest BCUT2D eigenvalue weighted by molar-refractivity contribution is 0.146. The monoisotopic (exact) mass is 489 g/mol. The second-order valence-corrected chi connectivity index (χ2v) is 6.56. The fraction of sp³-hybridized carbons (Fsp3) is 0.421. The van der Waals surface area contributed by atoms with Crippen LogP contribution in [0.1, 0.15) is 22.9 Å². The van der Waals surface area contributed by atoms with Gasteiger partial charge in [-0.1, -0.05) is 12.1 Å². The standard InChI is InChI=1S/C19H27N3O2S.HI/c1-4-20-19(22-14-18-15(2)8-11-25-18)21-13-16-6-5-7-17(12-16)24-10-9-23-3;/h5-8,11-12H,4,9-10,13-14H2,1-3H3,(H2,20,21,22);1H. The van der Waals surface area contributed by atoms with Crippen LogP contribution in [0.15, 0.2) is 40.7 Å². The maximum atomic E-state index is 5.65. The summed E-state index contributed by atoms with van der Waals surface area (Å²) < 4.78 is 10.7. The van der Waals surface area contributed by atoms with Crippen molar-refractivity contribution in [3.8, 4) is 5.75 Å². The minimum absolute atomic E-state index is 0. The first-order valence-corrected chi connectivity index (χ1v) is 9.36. The first kappa shape index (κ1) is 22.7. The fourth-order valence-electron chi connectivity index (χ4n) is 2.24. The molecule has 0 aliphatic rings. The Morgan fingerprint density at radius 1 is 1.19 bits per heavy atom. The number of thiophene rings is 1. The highest BCUT2D eigenvalue weighted by Gasteiger charge is 2.03. The van der Waals surface area contributed by atoms with Crippen molar-refractivity contribution in [1.29, 1.82) is 0 Å². The summed E-state index contributed by atoms with van der Waals surface area (Å²) >= 11 is 1.76. The molecule has 144 valence electrons. The molecule has 0 aliphatic heterocycles. The van der Waals surface area contributed by atoms with E-state index in [0.717, 1.165) is 30.4 Å². The predicted octanol–water partition coefficient (Wildman–Crippen LogP) is 3.96. The molecule has 0 fully saturated rings. The zero-order valence-electron chi connectivity index (χ0n) is 15.6. The van der Waals surface area contributed by atoms with Gasteiger partial charge in [0.15, 0.2) is 5.96 Å². The van der Waals surface area contributed by atoms with E-state index < -0.39 is 0 Å². The third-order valence-corrected chi connectivity index (χ3v) is 4.63. The maximum Gasteiger partial charge on any atom is 0.191 e. The van der Waals surface area contributed by atoms with E-state index in [4.69, 9.17) is 9.47 Å². The molecule has 2 rings (SSSR count). The molecule has 1 aromatic heterocycles. The number of benzene rings is 1. The number of methoxy groups -OCH3 is 1. The van der Waals surface area contributed by atoms with Gasteiger partial charge in [-0.2, -0.15) is 0 Å². The average Bonchev–Trinajstić information content (AvgIpc) is 3.03. The Morgan fingerprint density at radius 2 is 2.04 bits per heavy atom. The molecule has 0 bridgehead atoms. The quantitative estimate of drug-likeness (QED) is 0.243. The number of ether oxygens (including phenoxy) is 2. The SMILES string of the molecule is CCNC(=NCc1cccc(OCCOC)c1)NCc1sccc1C.I. The summed E-state index contributed by atoms with van der Waals surface area (Å²) in [5.41, 5.74) is 2.42. The molecule has 0 saturated heterocycles. The second-order valence-electron chi connectivity index (χ2n) is 5.56. The topological polar surface area (TPSA) is 54.9 Å². The minimum Gasteiger partial charge on any atom is -0.491 e. The highest BCUT2D eigenvalue weighted by atomic mass is 127. The molecule has 7 heteroatoms. The molecule has 26 heavy (non-hydrogen) atoms. The fourth-order valence-corrected chi connectivity index (χ4v) is 3.08. The third-order valence-electron chi connectivity index (χ3n) is 3.60. The molecule has 0 saturated carbocycles. The molecule has 0 spiro atoms. The van der Waals surface area contributed by atoms with Gasteiger partial charge in [-0.3, -0.25) is 0 Å². The van der Waals surface area contributed by atoms with Crippen molar-refractivity contribution in [3.63, 3.8) is 0 Å². The zero-order valence-corrected chi connectivity index (χ0v) is 18.7. The lowest BCUT2D eigenvalue weighted by Crippen LogP contribution is -2.36. The van der Waals surface area contributed by atoms with Crippen molar-refractivity contribution in [1.82, 2.24) is 10.6 Å². The minimum atomic E-state index is 0. The van der Waals surface area contributed by atoms with Crippen molar-refractivity contribution >= 4 is 41.3 Å². The van der Waals surface area contributed by atoms with E-state index in [1.54, 1.807) is 18.4 Å². The van der Waals surface area contributed by atoms with Crippen molar-refractivity contribution < 1.29 is 9.47 Å². The van der Waals surface area contributed by atoms with Crippen molar-refractivity contribution in [2.75, 3.05) is 26.9 Å². The van der Waals surface area contributed by atoms with Gasteiger partial charge in [-0.15, -0.1) is 35.3 Å². The lowest BCUT2D eigenvalue weighted by Gasteiger charge is -2.11. The van der Waals surface area contributed by atoms with Gasteiger partial charge in [-0.05, 0) is 48.6 Å². The Hall–Kier alpha value is -1.32. The smallest absolute Gasteiger partial charge is 0.191 e. The molecule has 0 atom stereocenters. The number of guanidine groups is 1. The van der Waals surface area contributed by atoms with E-state index in [9.17, 15) is 0 Å². The molecule has 1 aromatic carbocycles. The number of aliphatic imine (C=N–C) groups is 1. The molecular formula is C19H28IN3O2S. The van der Waals surface area contributed by atoms with Crippen molar-refractivity contribution in [2.45, 2.75) is 26.9 Å². The summed E-state index contributed by atoms with van der Waals surface area (Å²) in [6.45, 7) is 7.54. The Labute approximate surface area is 177 Å². The Balaban J connectivity index is 0.00000338. The highest BCUT2D eigenvalue weighted by molar-refractivity contribution is 14.0. The van der Waals surface area contributed by atoms with Crippen molar-refractivity contribution in [2.24, 2.45) is 4.99 Å². The highest BCUT2D eigenvalue weighted by Crippen LogP contribution is 2.15. The van der Waals surface area contributed by atoms with Crippen LogP contribution in [0, 0.1) is 6.92 Å². The average molecular weight is 489 g/mol. The van der Waals surface area contributed by atoms with E-state index in [1.807, 2.05) is 18.2 Å². The summed E-state index contributed by atoms with van der Waals surface area (Å²) in [4.78, 5) is 6.00. The zero-order chi connectivity index (χ0) is 17.9. The van der Waals surface area contributed by atoms with Crippen LogP contribution in [-0.4, -0.2) is 32.8 Å². The largest absolute Gasteiger partial charge is 0.491 e. The van der Waals surface area contributed by atoms with Crippen LogP contribution >= 0.6 is 35.3 Å². The second kappa shape index (κ2) is 12.9. The van der Waals surface area contributed by atoms with E-state index in [-0.39, 0.29) is 24.0 Å². The molecule has 2 N–H and O–H groups in total. The van der Waals surface area contributed by atoms with Gasteiger partial charge >= 0.3 is 0 Å². The Kier molecular flexibility index (Phi) is 11.3.